The summed E-state index contributed by atoms with van der Waals surface area (Å²) in [4.78, 5) is 31.5. The molecule has 122 valence electrons. The van der Waals surface area contributed by atoms with Gasteiger partial charge < -0.3 is 9.47 Å². The molecule has 1 aliphatic heterocycles. The molecule has 0 radical (unpaired) electrons. The fraction of sp³-hybridized carbons (Fsp3) is 0.471. The molecule has 1 saturated heterocycles. The van der Waals surface area contributed by atoms with Crippen LogP contribution < -0.4 is 0 Å². The lowest BCUT2D eigenvalue weighted by molar-refractivity contribution is 0.0667. The summed E-state index contributed by atoms with van der Waals surface area (Å²) in [6, 6.07) is 3.52. The molecule has 3 heterocycles. The summed E-state index contributed by atoms with van der Waals surface area (Å²) in [5.41, 5.74) is 0. The minimum absolute atomic E-state index is 0.0150. The number of ketones is 1. The maximum absolute atomic E-state index is 12.7. The summed E-state index contributed by atoms with van der Waals surface area (Å²) in [6.07, 6.45) is 5.96. The number of piperidine rings is 1. The summed E-state index contributed by atoms with van der Waals surface area (Å²) in [5.74, 6) is 1.53. The molecule has 0 bridgehead atoms. The first kappa shape index (κ1) is 15.9. The Bertz CT molecular complexity index is 719. The van der Waals surface area contributed by atoms with Gasteiger partial charge in [-0.05, 0) is 44.7 Å². The van der Waals surface area contributed by atoms with Gasteiger partial charge in [-0.1, -0.05) is 0 Å². The van der Waals surface area contributed by atoms with Crippen molar-refractivity contribution in [3.63, 3.8) is 0 Å². The van der Waals surface area contributed by atoms with Crippen LogP contribution in [-0.4, -0.2) is 39.2 Å². The third-order valence-electron chi connectivity index (χ3n) is 4.35. The highest BCUT2D eigenvalue weighted by Gasteiger charge is 2.26. The van der Waals surface area contributed by atoms with Gasteiger partial charge >= 0.3 is 0 Å². The Hall–Kier alpha value is -1.95. The Morgan fingerprint density at radius 1 is 1.35 bits per heavy atom. The summed E-state index contributed by atoms with van der Waals surface area (Å²) in [6.45, 7) is 6.00. The summed E-state index contributed by atoms with van der Waals surface area (Å²) < 4.78 is 2.15. The number of carbonyl (C=O) groups excluding carboxylic acids is 2. The number of Topliss-reactive ketones (excluding diaryl/α,β-unsaturated/α-hetero) is 1. The van der Waals surface area contributed by atoms with Crippen LogP contribution >= 0.6 is 11.3 Å². The minimum atomic E-state index is 0.0150. The molecule has 6 heteroatoms. The van der Waals surface area contributed by atoms with Crippen molar-refractivity contribution < 1.29 is 9.59 Å². The Kier molecular flexibility index (Phi) is 4.61. The van der Waals surface area contributed by atoms with Gasteiger partial charge in [-0.3, -0.25) is 9.59 Å². The van der Waals surface area contributed by atoms with Gasteiger partial charge in [0.15, 0.2) is 5.78 Å². The number of imidazole rings is 1. The van der Waals surface area contributed by atoms with E-state index in [1.807, 2.05) is 24.2 Å². The number of likely N-dealkylation sites (tertiary alicyclic amines) is 1. The molecule has 0 spiro atoms. The van der Waals surface area contributed by atoms with Gasteiger partial charge in [0.2, 0.25) is 0 Å². The smallest absolute Gasteiger partial charge is 0.263 e. The van der Waals surface area contributed by atoms with E-state index in [0.29, 0.717) is 15.7 Å². The second-order valence-electron chi connectivity index (χ2n) is 6.11. The average molecular weight is 331 g/mol. The summed E-state index contributed by atoms with van der Waals surface area (Å²) >= 11 is 1.30. The van der Waals surface area contributed by atoms with E-state index >= 15 is 0 Å². The zero-order valence-electron chi connectivity index (χ0n) is 13.5. The van der Waals surface area contributed by atoms with Crippen LogP contribution in [0.5, 0.6) is 0 Å². The van der Waals surface area contributed by atoms with Gasteiger partial charge in [0.05, 0.1) is 9.75 Å². The van der Waals surface area contributed by atoms with E-state index in [0.717, 1.165) is 38.3 Å². The average Bonchev–Trinajstić information content (AvgIpc) is 3.17. The SMILES string of the molecule is CC(=O)c1ccc(C(=O)N2CCCC(Cn3ccnc3C)C2)s1. The molecule has 3 rings (SSSR count). The van der Waals surface area contributed by atoms with Crippen molar-refractivity contribution in [2.75, 3.05) is 13.1 Å². The first-order valence-electron chi connectivity index (χ1n) is 7.92. The van der Waals surface area contributed by atoms with Crippen LogP contribution in [0.2, 0.25) is 0 Å². The molecule has 1 amide bonds. The summed E-state index contributed by atoms with van der Waals surface area (Å²) in [5, 5.41) is 0. The van der Waals surface area contributed by atoms with E-state index in [4.69, 9.17) is 0 Å². The lowest BCUT2D eigenvalue weighted by Crippen LogP contribution is -2.40. The lowest BCUT2D eigenvalue weighted by atomic mass is 9.97. The number of hydrogen-bond acceptors (Lipinski definition) is 4. The maximum Gasteiger partial charge on any atom is 0.263 e. The van der Waals surface area contributed by atoms with Crippen molar-refractivity contribution in [1.82, 2.24) is 14.5 Å². The number of amides is 1. The molecule has 2 aromatic heterocycles. The molecule has 23 heavy (non-hydrogen) atoms. The van der Waals surface area contributed by atoms with Crippen LogP contribution in [-0.2, 0) is 6.54 Å². The van der Waals surface area contributed by atoms with Gasteiger partial charge in [0.25, 0.3) is 5.91 Å². The highest BCUT2D eigenvalue weighted by Crippen LogP contribution is 2.24. The van der Waals surface area contributed by atoms with Crippen molar-refractivity contribution in [2.24, 2.45) is 5.92 Å². The number of rotatable bonds is 4. The second-order valence-corrected chi connectivity index (χ2v) is 7.19. The van der Waals surface area contributed by atoms with Crippen molar-refractivity contribution in [2.45, 2.75) is 33.2 Å². The highest BCUT2D eigenvalue weighted by molar-refractivity contribution is 7.15. The van der Waals surface area contributed by atoms with Crippen LogP contribution in [0.3, 0.4) is 0 Å². The molecular formula is C17H21N3O2S. The molecule has 0 saturated carbocycles. The molecule has 0 N–H and O–H groups in total. The Morgan fingerprint density at radius 3 is 2.78 bits per heavy atom. The lowest BCUT2D eigenvalue weighted by Gasteiger charge is -2.32. The maximum atomic E-state index is 12.7. The predicted octanol–water partition coefficient (Wildman–Crippen LogP) is 3.01. The first-order valence-corrected chi connectivity index (χ1v) is 8.74. The van der Waals surface area contributed by atoms with Gasteiger partial charge in [0, 0.05) is 32.0 Å². The number of thiophene rings is 1. The molecule has 0 aromatic carbocycles. The number of aromatic nitrogens is 2. The zero-order chi connectivity index (χ0) is 16.4. The molecule has 1 atom stereocenters. The van der Waals surface area contributed by atoms with Crippen molar-refractivity contribution in [3.05, 3.63) is 40.1 Å². The molecule has 2 aromatic rings. The third kappa shape index (κ3) is 3.52. The summed E-state index contributed by atoms with van der Waals surface area (Å²) in [7, 11) is 0. The second kappa shape index (κ2) is 6.66. The Balaban J connectivity index is 1.66. The monoisotopic (exact) mass is 331 g/mol. The van der Waals surface area contributed by atoms with Gasteiger partial charge in [-0.25, -0.2) is 4.98 Å². The number of aryl methyl sites for hydroxylation is 1. The van der Waals surface area contributed by atoms with Crippen LogP contribution in [0.4, 0.5) is 0 Å². The van der Waals surface area contributed by atoms with E-state index in [1.165, 1.54) is 18.3 Å². The van der Waals surface area contributed by atoms with Crippen LogP contribution in [0, 0.1) is 12.8 Å². The number of carbonyl (C=O) groups is 2. The molecule has 5 nitrogen and oxygen atoms in total. The number of nitrogens with zero attached hydrogens (tertiary/aromatic N) is 3. The first-order chi connectivity index (χ1) is 11.0. The van der Waals surface area contributed by atoms with E-state index in [1.54, 1.807) is 12.1 Å². The Morgan fingerprint density at radius 2 is 2.13 bits per heavy atom. The van der Waals surface area contributed by atoms with E-state index < -0.39 is 0 Å². The zero-order valence-corrected chi connectivity index (χ0v) is 14.3. The largest absolute Gasteiger partial charge is 0.338 e. The number of hydrogen-bond donors (Lipinski definition) is 0. The highest BCUT2D eigenvalue weighted by atomic mass is 32.1. The Labute approximate surface area is 139 Å². The molecular weight excluding hydrogens is 310 g/mol. The standard InChI is InChI=1S/C17H21N3O2S/c1-12(21)15-5-6-16(23-15)17(22)20-8-3-4-14(11-20)10-19-9-7-18-13(19)2/h5-7,9,14H,3-4,8,10-11H2,1-2H3. The van der Waals surface area contributed by atoms with Crippen LogP contribution in [0.25, 0.3) is 0 Å². The van der Waals surface area contributed by atoms with E-state index in [9.17, 15) is 9.59 Å². The fourth-order valence-corrected chi connectivity index (χ4v) is 3.94. The quantitative estimate of drug-likeness (QED) is 0.809. The van der Waals surface area contributed by atoms with Crippen LogP contribution in [0.15, 0.2) is 24.5 Å². The minimum Gasteiger partial charge on any atom is -0.338 e. The fourth-order valence-electron chi connectivity index (χ4n) is 3.07. The normalized spacial score (nSPS) is 18.2. The van der Waals surface area contributed by atoms with Crippen molar-refractivity contribution >= 4 is 23.0 Å². The van der Waals surface area contributed by atoms with E-state index in [2.05, 4.69) is 9.55 Å². The molecule has 1 unspecified atom stereocenters. The van der Waals surface area contributed by atoms with Crippen molar-refractivity contribution in [1.29, 1.82) is 0 Å². The molecule has 1 aliphatic rings. The molecule has 1 fully saturated rings. The van der Waals surface area contributed by atoms with Gasteiger partial charge in [-0.15, -0.1) is 11.3 Å². The topological polar surface area (TPSA) is 55.2 Å². The van der Waals surface area contributed by atoms with E-state index in [-0.39, 0.29) is 11.7 Å². The third-order valence-corrected chi connectivity index (χ3v) is 5.52. The van der Waals surface area contributed by atoms with Gasteiger partial charge in [0.1, 0.15) is 5.82 Å². The molecule has 0 aliphatic carbocycles. The van der Waals surface area contributed by atoms with Crippen LogP contribution in [0.1, 0.15) is 44.9 Å². The van der Waals surface area contributed by atoms with Crippen molar-refractivity contribution in [3.8, 4) is 0 Å². The van der Waals surface area contributed by atoms with Gasteiger partial charge in [-0.2, -0.15) is 0 Å². The predicted molar refractivity (Wildman–Crippen MR) is 89.9 cm³/mol.